The van der Waals surface area contributed by atoms with Crippen LogP contribution < -0.4 is 10.5 Å². The molecule has 0 bridgehead atoms. The van der Waals surface area contributed by atoms with Crippen LogP contribution in [0.5, 0.6) is 5.75 Å². The Balaban J connectivity index is 2.38. The van der Waals surface area contributed by atoms with Gasteiger partial charge in [-0.05, 0) is 31.9 Å². The number of rotatable bonds is 7. The van der Waals surface area contributed by atoms with Gasteiger partial charge in [0.25, 0.3) is 0 Å². The Bertz CT molecular complexity index is 565. The van der Waals surface area contributed by atoms with Gasteiger partial charge in [-0.1, -0.05) is 13.0 Å². The van der Waals surface area contributed by atoms with E-state index in [1.807, 2.05) is 22.8 Å². The molecule has 1 unspecified atom stereocenters. The van der Waals surface area contributed by atoms with Gasteiger partial charge < -0.3 is 19.8 Å². The minimum absolute atomic E-state index is 0.237. The lowest BCUT2D eigenvalue weighted by Crippen LogP contribution is -2.10. The number of hydrogen-bond donors (Lipinski definition) is 1. The zero-order valence-electron chi connectivity index (χ0n) is 12.4. The summed E-state index contributed by atoms with van der Waals surface area (Å²) in [5.41, 5.74) is 7.93. The highest BCUT2D eigenvalue weighted by Crippen LogP contribution is 2.30. The number of nitrogens with zero attached hydrogens (tertiary/aromatic N) is 2. The van der Waals surface area contributed by atoms with Gasteiger partial charge in [-0.25, -0.2) is 4.98 Å². The minimum Gasteiger partial charge on any atom is -0.491 e. The highest BCUT2D eigenvalue weighted by atomic mass is 16.5. The fraction of sp³-hybridized carbons (Fsp3) is 0.533. The smallest absolute Gasteiger partial charge is 0.201 e. The predicted octanol–water partition coefficient (Wildman–Crippen LogP) is 3.00. The molecule has 0 radical (unpaired) electrons. The van der Waals surface area contributed by atoms with Gasteiger partial charge in [-0.15, -0.1) is 0 Å². The van der Waals surface area contributed by atoms with Crippen LogP contribution in [0, 0.1) is 0 Å². The SMILES string of the molecule is CCCOc1cccc2c1nc(N)n2C(C)CCOC. The molecular weight excluding hydrogens is 254 g/mol. The molecule has 5 nitrogen and oxygen atoms in total. The van der Waals surface area contributed by atoms with E-state index in [-0.39, 0.29) is 6.04 Å². The Morgan fingerprint density at radius 3 is 2.85 bits per heavy atom. The van der Waals surface area contributed by atoms with E-state index in [0.29, 0.717) is 19.2 Å². The highest BCUT2D eigenvalue weighted by Gasteiger charge is 2.16. The van der Waals surface area contributed by atoms with Gasteiger partial charge in [0.2, 0.25) is 5.95 Å². The Morgan fingerprint density at radius 2 is 2.15 bits per heavy atom. The first-order valence-corrected chi connectivity index (χ1v) is 7.07. The van der Waals surface area contributed by atoms with Crippen LogP contribution >= 0.6 is 0 Å². The molecule has 0 saturated carbocycles. The van der Waals surface area contributed by atoms with Gasteiger partial charge in [0.1, 0.15) is 11.3 Å². The molecule has 0 spiro atoms. The van der Waals surface area contributed by atoms with Crippen LogP contribution in [0.15, 0.2) is 18.2 Å². The molecule has 1 atom stereocenters. The molecule has 20 heavy (non-hydrogen) atoms. The Morgan fingerprint density at radius 1 is 1.35 bits per heavy atom. The summed E-state index contributed by atoms with van der Waals surface area (Å²) in [5, 5.41) is 0. The standard InChI is InChI=1S/C15H23N3O2/c1-4-9-20-13-7-5-6-12-14(13)17-15(16)18(12)11(2)8-10-19-3/h5-7,11H,4,8-10H2,1-3H3,(H2,16,17). The van der Waals surface area contributed by atoms with Crippen LogP contribution in [0.3, 0.4) is 0 Å². The number of benzene rings is 1. The second kappa shape index (κ2) is 6.61. The lowest BCUT2D eigenvalue weighted by atomic mass is 10.2. The maximum atomic E-state index is 6.08. The topological polar surface area (TPSA) is 62.3 Å². The van der Waals surface area contributed by atoms with Crippen LogP contribution in [-0.4, -0.2) is 29.9 Å². The van der Waals surface area contributed by atoms with E-state index in [1.54, 1.807) is 7.11 Å². The Labute approximate surface area is 119 Å². The summed E-state index contributed by atoms with van der Waals surface area (Å²) in [7, 11) is 1.71. The molecule has 2 N–H and O–H groups in total. The molecule has 1 aromatic carbocycles. The highest BCUT2D eigenvalue weighted by molar-refractivity contribution is 5.84. The summed E-state index contributed by atoms with van der Waals surface area (Å²) in [4.78, 5) is 4.47. The number of methoxy groups -OCH3 is 1. The first-order chi connectivity index (χ1) is 9.69. The molecule has 0 aliphatic heterocycles. The van der Waals surface area contributed by atoms with Crippen molar-refractivity contribution in [2.45, 2.75) is 32.7 Å². The molecule has 0 fully saturated rings. The largest absolute Gasteiger partial charge is 0.491 e. The predicted molar refractivity (Wildman–Crippen MR) is 81.1 cm³/mol. The first kappa shape index (κ1) is 14.7. The van der Waals surface area contributed by atoms with Crippen molar-refractivity contribution in [1.29, 1.82) is 0 Å². The van der Waals surface area contributed by atoms with Crippen molar-refractivity contribution in [3.63, 3.8) is 0 Å². The lowest BCUT2D eigenvalue weighted by molar-refractivity contribution is 0.182. The number of fused-ring (bicyclic) bond motifs is 1. The number of ether oxygens (including phenoxy) is 2. The minimum atomic E-state index is 0.237. The molecule has 0 aliphatic carbocycles. The van der Waals surface area contributed by atoms with Crippen LogP contribution in [0.1, 0.15) is 32.7 Å². The van der Waals surface area contributed by atoms with Crippen LogP contribution in [0.4, 0.5) is 5.95 Å². The Hall–Kier alpha value is -1.75. The fourth-order valence-corrected chi connectivity index (χ4v) is 2.32. The summed E-state index contributed by atoms with van der Waals surface area (Å²) in [6.45, 7) is 5.59. The molecule has 2 aromatic rings. The lowest BCUT2D eigenvalue weighted by Gasteiger charge is -2.15. The summed E-state index contributed by atoms with van der Waals surface area (Å²) < 4.78 is 12.9. The van der Waals surface area contributed by atoms with Crippen molar-refractivity contribution in [2.24, 2.45) is 0 Å². The molecule has 0 aliphatic rings. The van der Waals surface area contributed by atoms with E-state index < -0.39 is 0 Å². The summed E-state index contributed by atoms with van der Waals surface area (Å²) in [5.74, 6) is 1.32. The molecule has 1 heterocycles. The van der Waals surface area contributed by atoms with Crippen molar-refractivity contribution >= 4 is 17.0 Å². The fourth-order valence-electron chi connectivity index (χ4n) is 2.32. The monoisotopic (exact) mass is 277 g/mol. The maximum Gasteiger partial charge on any atom is 0.201 e. The van der Waals surface area contributed by atoms with Crippen molar-refractivity contribution in [1.82, 2.24) is 9.55 Å². The Kier molecular flexibility index (Phi) is 4.84. The third-order valence-electron chi connectivity index (χ3n) is 3.35. The molecule has 2 rings (SSSR count). The summed E-state index contributed by atoms with van der Waals surface area (Å²) in [6, 6.07) is 6.19. The quantitative estimate of drug-likeness (QED) is 0.845. The van der Waals surface area contributed by atoms with Gasteiger partial charge in [0, 0.05) is 19.8 Å². The van der Waals surface area contributed by atoms with E-state index in [4.69, 9.17) is 15.2 Å². The average molecular weight is 277 g/mol. The number of nitrogen functional groups attached to an aromatic ring is 1. The van der Waals surface area contributed by atoms with Crippen LogP contribution in [0.25, 0.3) is 11.0 Å². The van der Waals surface area contributed by atoms with E-state index >= 15 is 0 Å². The van der Waals surface area contributed by atoms with Crippen molar-refractivity contribution in [3.8, 4) is 5.75 Å². The zero-order valence-corrected chi connectivity index (χ0v) is 12.4. The molecule has 1 aromatic heterocycles. The number of nitrogens with two attached hydrogens (primary N) is 1. The van der Waals surface area contributed by atoms with Crippen LogP contribution in [0.2, 0.25) is 0 Å². The maximum absolute atomic E-state index is 6.08. The molecule has 0 saturated heterocycles. The molecule has 0 amide bonds. The van der Waals surface area contributed by atoms with E-state index in [2.05, 4.69) is 18.8 Å². The van der Waals surface area contributed by atoms with Crippen LogP contribution in [-0.2, 0) is 4.74 Å². The van der Waals surface area contributed by atoms with Gasteiger partial charge in [-0.2, -0.15) is 0 Å². The number of para-hydroxylation sites is 1. The molecule has 110 valence electrons. The summed E-state index contributed by atoms with van der Waals surface area (Å²) >= 11 is 0. The zero-order chi connectivity index (χ0) is 14.5. The normalized spacial score (nSPS) is 12.8. The first-order valence-electron chi connectivity index (χ1n) is 7.07. The van der Waals surface area contributed by atoms with Gasteiger partial charge >= 0.3 is 0 Å². The van der Waals surface area contributed by atoms with E-state index in [1.165, 1.54) is 0 Å². The average Bonchev–Trinajstić information content (AvgIpc) is 2.79. The van der Waals surface area contributed by atoms with Gasteiger partial charge in [-0.3, -0.25) is 0 Å². The summed E-state index contributed by atoms with van der Waals surface area (Å²) in [6.07, 6.45) is 1.86. The number of hydrogen-bond acceptors (Lipinski definition) is 4. The van der Waals surface area contributed by atoms with Crippen molar-refractivity contribution in [2.75, 3.05) is 26.1 Å². The third kappa shape index (κ3) is 2.88. The third-order valence-corrected chi connectivity index (χ3v) is 3.35. The number of aromatic nitrogens is 2. The molecular formula is C15H23N3O2. The van der Waals surface area contributed by atoms with Crippen molar-refractivity contribution < 1.29 is 9.47 Å². The van der Waals surface area contributed by atoms with Gasteiger partial charge in [0.05, 0.1) is 12.1 Å². The second-order valence-electron chi connectivity index (χ2n) is 4.94. The van der Waals surface area contributed by atoms with E-state index in [0.717, 1.165) is 29.6 Å². The number of imidazole rings is 1. The van der Waals surface area contributed by atoms with Gasteiger partial charge in [0.15, 0.2) is 0 Å². The number of anilines is 1. The van der Waals surface area contributed by atoms with Crippen molar-refractivity contribution in [3.05, 3.63) is 18.2 Å². The second-order valence-corrected chi connectivity index (χ2v) is 4.94. The molecule has 5 heteroatoms. The van der Waals surface area contributed by atoms with E-state index in [9.17, 15) is 0 Å².